The maximum Gasteiger partial charge on any atom is 0.130 e. The van der Waals surface area contributed by atoms with Crippen LogP contribution in [0.1, 0.15) is 16.8 Å². The molecule has 2 aromatic rings. The SMILES string of the molecule is CNC(Cc1ccc(F)cc1F)Cc1c(C)nn(C)c1Cl. The normalized spacial score (nSPS) is 12.7. The molecule has 3 nitrogen and oxygen atoms in total. The number of rotatable bonds is 5. The fourth-order valence-electron chi connectivity index (χ4n) is 2.38. The van der Waals surface area contributed by atoms with E-state index in [4.69, 9.17) is 11.6 Å². The zero-order valence-electron chi connectivity index (χ0n) is 12.3. The average molecular weight is 314 g/mol. The molecule has 0 aliphatic carbocycles. The Morgan fingerprint density at radius 2 is 2.05 bits per heavy atom. The van der Waals surface area contributed by atoms with Gasteiger partial charge in [-0.3, -0.25) is 4.68 Å². The van der Waals surface area contributed by atoms with Crippen LogP contribution in [-0.4, -0.2) is 22.9 Å². The predicted molar refractivity (Wildman–Crippen MR) is 79.6 cm³/mol. The van der Waals surface area contributed by atoms with Crippen molar-refractivity contribution < 1.29 is 8.78 Å². The monoisotopic (exact) mass is 313 g/mol. The van der Waals surface area contributed by atoms with Crippen molar-refractivity contribution in [1.82, 2.24) is 15.1 Å². The number of hydrogen-bond donors (Lipinski definition) is 1. The molecule has 0 saturated carbocycles. The van der Waals surface area contributed by atoms with Crippen LogP contribution in [0.25, 0.3) is 0 Å². The second kappa shape index (κ2) is 6.54. The first kappa shape index (κ1) is 15.9. The first-order valence-electron chi connectivity index (χ1n) is 6.71. The minimum atomic E-state index is -0.566. The Bertz CT molecular complexity index is 640. The fraction of sp³-hybridized carbons (Fsp3) is 0.400. The van der Waals surface area contributed by atoms with Crippen molar-refractivity contribution in [3.8, 4) is 0 Å². The van der Waals surface area contributed by atoms with Gasteiger partial charge < -0.3 is 5.32 Å². The molecule has 114 valence electrons. The van der Waals surface area contributed by atoms with Crippen LogP contribution in [-0.2, 0) is 19.9 Å². The lowest BCUT2D eigenvalue weighted by Crippen LogP contribution is -2.30. The molecule has 2 rings (SSSR count). The number of benzene rings is 1. The van der Waals surface area contributed by atoms with Gasteiger partial charge in [-0.25, -0.2) is 8.78 Å². The summed E-state index contributed by atoms with van der Waals surface area (Å²) in [7, 11) is 3.60. The molecule has 0 radical (unpaired) electrons. The van der Waals surface area contributed by atoms with Crippen molar-refractivity contribution in [3.05, 3.63) is 51.8 Å². The Morgan fingerprint density at radius 3 is 2.57 bits per heavy atom. The van der Waals surface area contributed by atoms with E-state index >= 15 is 0 Å². The molecular formula is C15H18ClF2N3. The molecule has 1 N–H and O–H groups in total. The van der Waals surface area contributed by atoms with Crippen LogP contribution < -0.4 is 5.32 Å². The molecule has 1 aromatic carbocycles. The third-order valence-corrected chi connectivity index (χ3v) is 4.08. The van der Waals surface area contributed by atoms with E-state index in [9.17, 15) is 8.78 Å². The Kier molecular flexibility index (Phi) is 4.96. The summed E-state index contributed by atoms with van der Waals surface area (Å²) >= 11 is 6.22. The van der Waals surface area contributed by atoms with Gasteiger partial charge in [-0.15, -0.1) is 0 Å². The van der Waals surface area contributed by atoms with Crippen molar-refractivity contribution in [2.24, 2.45) is 7.05 Å². The van der Waals surface area contributed by atoms with Gasteiger partial charge in [-0.2, -0.15) is 5.10 Å². The Balaban J connectivity index is 2.17. The summed E-state index contributed by atoms with van der Waals surface area (Å²) in [5.41, 5.74) is 2.29. The van der Waals surface area contributed by atoms with Gasteiger partial charge in [0.2, 0.25) is 0 Å². The summed E-state index contributed by atoms with van der Waals surface area (Å²) in [5.74, 6) is -1.09. The molecule has 0 fully saturated rings. The smallest absolute Gasteiger partial charge is 0.130 e. The van der Waals surface area contributed by atoms with Crippen molar-refractivity contribution in [2.75, 3.05) is 7.05 Å². The molecule has 1 aromatic heterocycles. The predicted octanol–water partition coefficient (Wildman–Crippen LogP) is 3.03. The van der Waals surface area contributed by atoms with Gasteiger partial charge in [0.15, 0.2) is 0 Å². The van der Waals surface area contributed by atoms with Crippen LogP contribution in [0.4, 0.5) is 8.78 Å². The molecule has 21 heavy (non-hydrogen) atoms. The van der Waals surface area contributed by atoms with Crippen LogP contribution in [0.5, 0.6) is 0 Å². The molecule has 6 heteroatoms. The molecule has 1 heterocycles. The van der Waals surface area contributed by atoms with E-state index in [1.165, 1.54) is 12.1 Å². The zero-order chi connectivity index (χ0) is 15.6. The Morgan fingerprint density at radius 1 is 1.33 bits per heavy atom. The molecular weight excluding hydrogens is 296 g/mol. The molecule has 0 aliphatic rings. The summed E-state index contributed by atoms with van der Waals surface area (Å²) in [4.78, 5) is 0. The van der Waals surface area contributed by atoms with Crippen molar-refractivity contribution in [2.45, 2.75) is 25.8 Å². The third kappa shape index (κ3) is 3.60. The van der Waals surface area contributed by atoms with E-state index in [1.807, 2.05) is 14.0 Å². The maximum absolute atomic E-state index is 13.7. The number of nitrogens with zero attached hydrogens (tertiary/aromatic N) is 2. The summed E-state index contributed by atoms with van der Waals surface area (Å²) in [6.07, 6.45) is 1.08. The number of aromatic nitrogens is 2. The third-order valence-electron chi connectivity index (χ3n) is 3.61. The lowest BCUT2D eigenvalue weighted by atomic mass is 9.99. The topological polar surface area (TPSA) is 29.9 Å². The molecule has 1 atom stereocenters. The Labute approximate surface area is 127 Å². The summed E-state index contributed by atoms with van der Waals surface area (Å²) in [5, 5.41) is 8.01. The van der Waals surface area contributed by atoms with Gasteiger partial charge in [0, 0.05) is 24.7 Å². The molecule has 0 amide bonds. The van der Waals surface area contributed by atoms with Crippen molar-refractivity contribution in [3.63, 3.8) is 0 Å². The van der Waals surface area contributed by atoms with Crippen LogP contribution in [0, 0.1) is 18.6 Å². The van der Waals surface area contributed by atoms with Crippen LogP contribution in [0.15, 0.2) is 18.2 Å². The number of hydrogen-bond acceptors (Lipinski definition) is 2. The van der Waals surface area contributed by atoms with E-state index in [0.717, 1.165) is 17.3 Å². The van der Waals surface area contributed by atoms with Gasteiger partial charge in [0.05, 0.1) is 5.69 Å². The average Bonchev–Trinajstić information content (AvgIpc) is 2.67. The number of nitrogens with one attached hydrogen (secondary N) is 1. The maximum atomic E-state index is 13.7. The van der Waals surface area contributed by atoms with Gasteiger partial charge in [0.1, 0.15) is 16.8 Å². The van der Waals surface area contributed by atoms with Crippen molar-refractivity contribution in [1.29, 1.82) is 0 Å². The molecule has 0 aliphatic heterocycles. The highest BCUT2D eigenvalue weighted by Gasteiger charge is 2.18. The lowest BCUT2D eigenvalue weighted by Gasteiger charge is -2.16. The highest BCUT2D eigenvalue weighted by Crippen LogP contribution is 2.22. The highest BCUT2D eigenvalue weighted by molar-refractivity contribution is 6.30. The number of likely N-dealkylation sites (N-methyl/N-ethyl adjacent to an activating group) is 1. The second-order valence-corrected chi connectivity index (χ2v) is 5.47. The van der Waals surface area contributed by atoms with Gasteiger partial charge in [0.25, 0.3) is 0 Å². The lowest BCUT2D eigenvalue weighted by molar-refractivity contribution is 0.523. The van der Waals surface area contributed by atoms with E-state index in [0.29, 0.717) is 23.6 Å². The number of aryl methyl sites for hydroxylation is 2. The van der Waals surface area contributed by atoms with E-state index in [-0.39, 0.29) is 6.04 Å². The largest absolute Gasteiger partial charge is 0.316 e. The van der Waals surface area contributed by atoms with Crippen LogP contribution in [0.3, 0.4) is 0 Å². The number of halogens is 3. The molecule has 0 spiro atoms. The van der Waals surface area contributed by atoms with Crippen LogP contribution in [0.2, 0.25) is 5.15 Å². The second-order valence-electron chi connectivity index (χ2n) is 5.11. The van der Waals surface area contributed by atoms with Gasteiger partial charge in [-0.05, 0) is 38.4 Å². The van der Waals surface area contributed by atoms with E-state index in [1.54, 1.807) is 11.7 Å². The Hall–Kier alpha value is -1.46. The molecule has 0 bridgehead atoms. The standard InChI is InChI=1S/C15H18ClF2N3/c1-9-13(15(16)21(3)20-9)8-12(19-2)6-10-4-5-11(17)7-14(10)18/h4-5,7,12,19H,6,8H2,1-3H3. The minimum Gasteiger partial charge on any atom is -0.316 e. The van der Waals surface area contributed by atoms with E-state index in [2.05, 4.69) is 10.4 Å². The summed E-state index contributed by atoms with van der Waals surface area (Å²) < 4.78 is 28.3. The van der Waals surface area contributed by atoms with Gasteiger partial charge >= 0.3 is 0 Å². The first-order valence-corrected chi connectivity index (χ1v) is 7.09. The fourth-order valence-corrected chi connectivity index (χ4v) is 2.63. The van der Waals surface area contributed by atoms with E-state index < -0.39 is 11.6 Å². The molecule has 1 unspecified atom stereocenters. The van der Waals surface area contributed by atoms with Crippen molar-refractivity contribution >= 4 is 11.6 Å². The zero-order valence-corrected chi connectivity index (χ0v) is 13.0. The first-order chi connectivity index (χ1) is 9.92. The quantitative estimate of drug-likeness (QED) is 0.919. The minimum absolute atomic E-state index is 0.00892. The highest BCUT2D eigenvalue weighted by atomic mass is 35.5. The van der Waals surface area contributed by atoms with Crippen LogP contribution >= 0.6 is 11.6 Å². The summed E-state index contributed by atoms with van der Waals surface area (Å²) in [6, 6.07) is 3.65. The molecule has 0 saturated heterocycles. The summed E-state index contributed by atoms with van der Waals surface area (Å²) in [6.45, 7) is 1.90. The van der Waals surface area contributed by atoms with Gasteiger partial charge in [-0.1, -0.05) is 17.7 Å².